The van der Waals surface area contributed by atoms with Crippen LogP contribution in [0.4, 0.5) is 18.9 Å². The second kappa shape index (κ2) is 8.17. The van der Waals surface area contributed by atoms with E-state index in [1.165, 1.54) is 37.1 Å². The minimum Gasteiger partial charge on any atom is -0.406 e. The van der Waals surface area contributed by atoms with Crippen molar-refractivity contribution in [1.82, 2.24) is 4.90 Å². The molecule has 27 heavy (non-hydrogen) atoms. The van der Waals surface area contributed by atoms with Gasteiger partial charge in [0, 0.05) is 18.3 Å². The summed E-state index contributed by atoms with van der Waals surface area (Å²) in [5, 5.41) is 3.69. The van der Waals surface area contributed by atoms with Gasteiger partial charge in [0.05, 0.1) is 0 Å². The number of anilines is 1. The normalized spacial score (nSPS) is 15.1. The average Bonchev–Trinajstić information content (AvgIpc) is 3.45. The second-order valence-corrected chi connectivity index (χ2v) is 7.08. The van der Waals surface area contributed by atoms with Crippen molar-refractivity contribution in [1.29, 1.82) is 0 Å². The number of nitrogens with one attached hydrogen (secondary N) is 1. The monoisotopic (exact) mass is 394 g/mol. The van der Waals surface area contributed by atoms with Gasteiger partial charge in [-0.2, -0.15) is 0 Å². The number of hydrogen-bond donors (Lipinski definition) is 1. The molecule has 1 N–H and O–H groups in total. The van der Waals surface area contributed by atoms with Crippen molar-refractivity contribution in [2.75, 3.05) is 5.32 Å². The topological polar surface area (TPSA) is 24.5 Å². The van der Waals surface area contributed by atoms with Crippen molar-refractivity contribution in [2.45, 2.75) is 38.7 Å². The van der Waals surface area contributed by atoms with E-state index in [1.54, 1.807) is 0 Å². The SMILES string of the molecule is C[C@H](C1CC1)N(Cc1ccccc1)C(=S)Nc1ccc(OC(F)(F)F)cc1. The Labute approximate surface area is 162 Å². The third kappa shape index (κ3) is 5.85. The predicted molar refractivity (Wildman–Crippen MR) is 104 cm³/mol. The van der Waals surface area contributed by atoms with Gasteiger partial charge in [0.25, 0.3) is 0 Å². The zero-order valence-corrected chi connectivity index (χ0v) is 15.7. The molecule has 1 aliphatic carbocycles. The number of rotatable bonds is 6. The highest BCUT2D eigenvalue weighted by atomic mass is 32.1. The summed E-state index contributed by atoms with van der Waals surface area (Å²) in [5.41, 5.74) is 1.78. The van der Waals surface area contributed by atoms with Gasteiger partial charge in [-0.3, -0.25) is 0 Å². The molecular weight excluding hydrogens is 373 g/mol. The van der Waals surface area contributed by atoms with Gasteiger partial charge >= 0.3 is 6.36 Å². The second-order valence-electron chi connectivity index (χ2n) is 6.69. The number of thiocarbonyl (C=S) groups is 1. The lowest BCUT2D eigenvalue weighted by Gasteiger charge is -2.32. The average molecular weight is 394 g/mol. The predicted octanol–water partition coefficient (Wildman–Crippen LogP) is 5.58. The zero-order valence-electron chi connectivity index (χ0n) is 14.9. The Morgan fingerprint density at radius 2 is 1.78 bits per heavy atom. The summed E-state index contributed by atoms with van der Waals surface area (Å²) in [7, 11) is 0. The molecule has 2 aromatic rings. The van der Waals surface area contributed by atoms with Crippen molar-refractivity contribution in [3.05, 3.63) is 60.2 Å². The fraction of sp³-hybridized carbons (Fsp3) is 0.350. The summed E-state index contributed by atoms with van der Waals surface area (Å²) < 4.78 is 40.7. The fourth-order valence-corrected chi connectivity index (χ4v) is 3.30. The standard InChI is InChI=1S/C20H21F3N2OS/c1-14(16-7-8-16)25(13-15-5-3-2-4-6-15)19(27)24-17-9-11-18(12-10-17)26-20(21,22)23/h2-6,9-12,14,16H,7-8,13H2,1H3,(H,24,27)/t14-/m1/s1. The molecule has 3 rings (SSSR count). The zero-order chi connectivity index (χ0) is 19.4. The first-order valence-corrected chi connectivity index (χ1v) is 9.20. The van der Waals surface area contributed by atoms with Crippen molar-refractivity contribution in [3.63, 3.8) is 0 Å². The van der Waals surface area contributed by atoms with E-state index in [-0.39, 0.29) is 11.8 Å². The first kappa shape index (κ1) is 19.5. The summed E-state index contributed by atoms with van der Waals surface area (Å²) in [6.07, 6.45) is -2.31. The highest BCUT2D eigenvalue weighted by Crippen LogP contribution is 2.36. The van der Waals surface area contributed by atoms with E-state index in [9.17, 15) is 13.2 Å². The summed E-state index contributed by atoms with van der Waals surface area (Å²) in [4.78, 5) is 2.14. The number of benzene rings is 2. The minimum atomic E-state index is -4.70. The van der Waals surface area contributed by atoms with E-state index in [0.717, 1.165) is 5.56 Å². The summed E-state index contributed by atoms with van der Waals surface area (Å²) >= 11 is 5.60. The molecule has 0 saturated heterocycles. The Hall–Kier alpha value is -2.28. The van der Waals surface area contributed by atoms with Gasteiger partial charge in [0.1, 0.15) is 5.75 Å². The molecule has 0 aliphatic heterocycles. The van der Waals surface area contributed by atoms with E-state index in [0.29, 0.717) is 23.3 Å². The van der Waals surface area contributed by atoms with Gasteiger partial charge in [-0.1, -0.05) is 30.3 Å². The molecule has 1 aliphatic rings. The van der Waals surface area contributed by atoms with Gasteiger partial charge < -0.3 is 15.0 Å². The third-order valence-electron chi connectivity index (χ3n) is 4.59. The Morgan fingerprint density at radius 1 is 1.15 bits per heavy atom. The molecule has 0 bridgehead atoms. The van der Waals surface area contributed by atoms with E-state index in [1.807, 2.05) is 18.2 Å². The number of alkyl halides is 3. The van der Waals surface area contributed by atoms with Crippen molar-refractivity contribution in [2.24, 2.45) is 5.92 Å². The molecule has 0 radical (unpaired) electrons. The van der Waals surface area contributed by atoms with Crippen LogP contribution in [0.1, 0.15) is 25.3 Å². The largest absolute Gasteiger partial charge is 0.573 e. The van der Waals surface area contributed by atoms with E-state index < -0.39 is 6.36 Å². The maximum absolute atomic E-state index is 12.3. The molecule has 2 aromatic carbocycles. The fourth-order valence-electron chi connectivity index (χ4n) is 2.95. The van der Waals surface area contributed by atoms with Crippen LogP contribution in [0.3, 0.4) is 0 Å². The Kier molecular flexibility index (Phi) is 5.89. The molecule has 0 heterocycles. The lowest BCUT2D eigenvalue weighted by Crippen LogP contribution is -2.41. The van der Waals surface area contributed by atoms with Crippen molar-refractivity contribution < 1.29 is 17.9 Å². The number of ether oxygens (including phenoxy) is 1. The van der Waals surface area contributed by atoms with Gasteiger partial charge in [-0.15, -0.1) is 13.2 Å². The Balaban J connectivity index is 1.68. The number of nitrogens with zero attached hydrogens (tertiary/aromatic N) is 1. The third-order valence-corrected chi connectivity index (χ3v) is 4.93. The van der Waals surface area contributed by atoms with Gasteiger partial charge in [-0.05, 0) is 67.7 Å². The number of halogens is 3. The molecule has 1 fully saturated rings. The van der Waals surface area contributed by atoms with Gasteiger partial charge in [-0.25, -0.2) is 0 Å². The van der Waals surface area contributed by atoms with Crippen LogP contribution in [-0.2, 0) is 6.54 Å². The summed E-state index contributed by atoms with van der Waals surface area (Å²) in [6.45, 7) is 2.84. The van der Waals surface area contributed by atoms with Crippen molar-refractivity contribution in [3.8, 4) is 5.75 Å². The summed E-state index contributed by atoms with van der Waals surface area (Å²) in [5.74, 6) is 0.363. The molecule has 3 nitrogen and oxygen atoms in total. The van der Waals surface area contributed by atoms with Crippen LogP contribution in [0.2, 0.25) is 0 Å². The van der Waals surface area contributed by atoms with Crippen molar-refractivity contribution >= 4 is 23.0 Å². The van der Waals surface area contributed by atoms with Crippen LogP contribution >= 0.6 is 12.2 Å². The van der Waals surface area contributed by atoms with E-state index in [2.05, 4.69) is 34.0 Å². The van der Waals surface area contributed by atoms with Crippen LogP contribution in [-0.4, -0.2) is 22.4 Å². The van der Waals surface area contributed by atoms with Crippen LogP contribution in [0.5, 0.6) is 5.75 Å². The molecule has 0 spiro atoms. The highest BCUT2D eigenvalue weighted by Gasteiger charge is 2.33. The lowest BCUT2D eigenvalue weighted by atomic mass is 10.1. The van der Waals surface area contributed by atoms with Crippen LogP contribution in [0.15, 0.2) is 54.6 Å². The first-order chi connectivity index (χ1) is 12.8. The maximum atomic E-state index is 12.3. The number of hydrogen-bond acceptors (Lipinski definition) is 2. The molecule has 7 heteroatoms. The first-order valence-electron chi connectivity index (χ1n) is 8.79. The summed E-state index contributed by atoms with van der Waals surface area (Å²) in [6, 6.07) is 15.9. The van der Waals surface area contributed by atoms with Crippen LogP contribution in [0.25, 0.3) is 0 Å². The Morgan fingerprint density at radius 3 is 2.33 bits per heavy atom. The maximum Gasteiger partial charge on any atom is 0.573 e. The molecule has 0 unspecified atom stereocenters. The van der Waals surface area contributed by atoms with Gasteiger partial charge in [0.2, 0.25) is 0 Å². The Bertz CT molecular complexity index is 761. The quantitative estimate of drug-likeness (QED) is 0.646. The molecular formula is C20H21F3N2OS. The van der Waals surface area contributed by atoms with E-state index >= 15 is 0 Å². The van der Waals surface area contributed by atoms with E-state index in [4.69, 9.17) is 12.2 Å². The molecule has 0 aromatic heterocycles. The molecule has 144 valence electrons. The smallest absolute Gasteiger partial charge is 0.406 e. The molecule has 1 saturated carbocycles. The molecule has 0 amide bonds. The molecule has 1 atom stereocenters. The lowest BCUT2D eigenvalue weighted by molar-refractivity contribution is -0.274. The van der Waals surface area contributed by atoms with Crippen LogP contribution in [0, 0.1) is 5.92 Å². The highest BCUT2D eigenvalue weighted by molar-refractivity contribution is 7.80. The van der Waals surface area contributed by atoms with Gasteiger partial charge in [0.15, 0.2) is 5.11 Å². The van der Waals surface area contributed by atoms with Crippen LogP contribution < -0.4 is 10.1 Å². The minimum absolute atomic E-state index is 0.258.